The zero-order valence-corrected chi connectivity index (χ0v) is 15.5. The lowest BCUT2D eigenvalue weighted by Gasteiger charge is -2.18. The third-order valence-corrected chi connectivity index (χ3v) is 7.22. The summed E-state index contributed by atoms with van der Waals surface area (Å²) < 4.78 is 27.8. The number of alkyl halides is 1. The molecule has 2 atom stereocenters. The molecule has 1 N–H and O–H groups in total. The van der Waals surface area contributed by atoms with Gasteiger partial charge in [-0.05, 0) is 58.8 Å². The van der Waals surface area contributed by atoms with Gasteiger partial charge in [0.2, 0.25) is 10.0 Å². The summed E-state index contributed by atoms with van der Waals surface area (Å²) in [6, 6.07) is 4.63. The SMILES string of the molecule is O=S(=O)(NCC1CCCC1CBr)c1ccc(Cl)c(Br)c1. The molecule has 112 valence electrons. The lowest BCUT2D eigenvalue weighted by Crippen LogP contribution is -2.31. The number of benzene rings is 1. The van der Waals surface area contributed by atoms with Gasteiger partial charge in [-0.15, -0.1) is 0 Å². The summed E-state index contributed by atoms with van der Waals surface area (Å²) in [7, 11) is -3.47. The van der Waals surface area contributed by atoms with Crippen molar-refractivity contribution in [3.05, 3.63) is 27.7 Å². The lowest BCUT2D eigenvalue weighted by atomic mass is 9.99. The number of sulfonamides is 1. The van der Waals surface area contributed by atoms with Crippen LogP contribution in [0.1, 0.15) is 19.3 Å². The van der Waals surface area contributed by atoms with Crippen LogP contribution in [0.2, 0.25) is 5.02 Å². The molecule has 0 aliphatic heterocycles. The number of halogens is 3. The molecule has 0 spiro atoms. The van der Waals surface area contributed by atoms with Gasteiger partial charge in [0.15, 0.2) is 0 Å². The highest BCUT2D eigenvalue weighted by Gasteiger charge is 2.27. The summed E-state index contributed by atoms with van der Waals surface area (Å²) in [6.07, 6.45) is 3.43. The molecule has 3 nitrogen and oxygen atoms in total. The maximum absolute atomic E-state index is 12.3. The van der Waals surface area contributed by atoms with E-state index in [-0.39, 0.29) is 4.90 Å². The average Bonchev–Trinajstić information content (AvgIpc) is 2.87. The van der Waals surface area contributed by atoms with Crippen LogP contribution in [-0.2, 0) is 10.0 Å². The first kappa shape index (κ1) is 16.7. The maximum Gasteiger partial charge on any atom is 0.240 e. The molecule has 2 unspecified atom stereocenters. The lowest BCUT2D eigenvalue weighted by molar-refractivity contribution is 0.422. The number of nitrogens with one attached hydrogen (secondary N) is 1. The first-order valence-corrected chi connectivity index (χ1v) is 10.2. The third kappa shape index (κ3) is 3.97. The van der Waals surface area contributed by atoms with Crippen molar-refractivity contribution >= 4 is 53.5 Å². The zero-order valence-electron chi connectivity index (χ0n) is 10.8. The number of hydrogen-bond acceptors (Lipinski definition) is 2. The summed E-state index contributed by atoms with van der Waals surface area (Å²) in [5, 5.41) is 1.44. The number of rotatable bonds is 5. The van der Waals surface area contributed by atoms with Crippen LogP contribution >= 0.6 is 43.5 Å². The van der Waals surface area contributed by atoms with E-state index in [1.54, 1.807) is 6.07 Å². The van der Waals surface area contributed by atoms with Crippen LogP contribution in [-0.4, -0.2) is 20.3 Å². The quantitative estimate of drug-likeness (QED) is 0.691. The van der Waals surface area contributed by atoms with Gasteiger partial charge in [0, 0.05) is 16.3 Å². The Balaban J connectivity index is 2.05. The van der Waals surface area contributed by atoms with Crippen molar-refractivity contribution in [2.75, 3.05) is 11.9 Å². The van der Waals surface area contributed by atoms with Crippen molar-refractivity contribution in [3.8, 4) is 0 Å². The Morgan fingerprint density at radius 3 is 2.65 bits per heavy atom. The Hall–Kier alpha value is 0.380. The highest BCUT2D eigenvalue weighted by molar-refractivity contribution is 9.10. The fourth-order valence-corrected chi connectivity index (χ4v) is 5.15. The normalized spacial score (nSPS) is 23.1. The van der Waals surface area contributed by atoms with Crippen LogP contribution in [0.25, 0.3) is 0 Å². The molecule has 1 aromatic rings. The van der Waals surface area contributed by atoms with Gasteiger partial charge in [-0.3, -0.25) is 0 Å². The van der Waals surface area contributed by atoms with Gasteiger partial charge in [0.05, 0.1) is 9.92 Å². The number of hydrogen-bond donors (Lipinski definition) is 1. The minimum atomic E-state index is -3.47. The first-order chi connectivity index (χ1) is 9.44. The Labute approximate surface area is 141 Å². The van der Waals surface area contributed by atoms with E-state index < -0.39 is 10.0 Å². The van der Waals surface area contributed by atoms with Gasteiger partial charge >= 0.3 is 0 Å². The van der Waals surface area contributed by atoms with Crippen LogP contribution < -0.4 is 4.72 Å². The van der Waals surface area contributed by atoms with Crippen LogP contribution in [0, 0.1) is 11.8 Å². The standard InChI is InChI=1S/C13H16Br2ClNO2S/c14-7-9-2-1-3-10(9)8-17-20(18,19)11-4-5-13(16)12(15)6-11/h4-6,9-10,17H,1-3,7-8H2. The van der Waals surface area contributed by atoms with Gasteiger partial charge in [-0.1, -0.05) is 34.0 Å². The molecule has 20 heavy (non-hydrogen) atoms. The molecule has 1 fully saturated rings. The molecular formula is C13H16Br2ClNO2S. The first-order valence-electron chi connectivity index (χ1n) is 6.44. The van der Waals surface area contributed by atoms with E-state index in [0.29, 0.717) is 27.9 Å². The van der Waals surface area contributed by atoms with E-state index in [0.717, 1.165) is 11.8 Å². The smallest absolute Gasteiger partial charge is 0.211 e. The van der Waals surface area contributed by atoms with Crippen LogP contribution in [0.3, 0.4) is 0 Å². The Bertz CT molecular complexity index is 580. The molecule has 0 heterocycles. The van der Waals surface area contributed by atoms with Crippen LogP contribution in [0.4, 0.5) is 0 Å². The highest BCUT2D eigenvalue weighted by atomic mass is 79.9. The van der Waals surface area contributed by atoms with E-state index >= 15 is 0 Å². The van der Waals surface area contributed by atoms with Crippen molar-refractivity contribution in [1.29, 1.82) is 0 Å². The molecule has 1 aliphatic carbocycles. The van der Waals surface area contributed by atoms with Crippen LogP contribution in [0.15, 0.2) is 27.6 Å². The van der Waals surface area contributed by atoms with Crippen molar-refractivity contribution in [2.24, 2.45) is 11.8 Å². The molecule has 0 bridgehead atoms. The minimum absolute atomic E-state index is 0.238. The average molecular weight is 446 g/mol. The highest BCUT2D eigenvalue weighted by Crippen LogP contribution is 2.33. The Morgan fingerprint density at radius 1 is 1.30 bits per heavy atom. The predicted molar refractivity (Wildman–Crippen MR) is 89.0 cm³/mol. The fourth-order valence-electron chi connectivity index (χ4n) is 2.53. The maximum atomic E-state index is 12.3. The van der Waals surface area contributed by atoms with Gasteiger partial charge in [0.25, 0.3) is 0 Å². The third-order valence-electron chi connectivity index (χ3n) is 3.75. The molecule has 0 radical (unpaired) electrons. The Morgan fingerprint density at radius 2 is 2.00 bits per heavy atom. The monoisotopic (exact) mass is 443 g/mol. The minimum Gasteiger partial charge on any atom is -0.211 e. The van der Waals surface area contributed by atoms with Gasteiger partial charge in [-0.25, -0.2) is 13.1 Å². The summed E-state index contributed by atoms with van der Waals surface area (Å²) in [5.41, 5.74) is 0. The summed E-state index contributed by atoms with van der Waals surface area (Å²) in [6.45, 7) is 0.499. The van der Waals surface area contributed by atoms with Crippen molar-refractivity contribution in [2.45, 2.75) is 24.2 Å². The Kier molecular flexibility index (Phi) is 5.94. The second-order valence-electron chi connectivity index (χ2n) is 5.03. The molecular weight excluding hydrogens is 429 g/mol. The summed E-state index contributed by atoms with van der Waals surface area (Å²) >= 11 is 12.6. The summed E-state index contributed by atoms with van der Waals surface area (Å²) in [4.78, 5) is 0.238. The van der Waals surface area contributed by atoms with Crippen LogP contribution in [0.5, 0.6) is 0 Å². The molecule has 1 saturated carbocycles. The van der Waals surface area contributed by atoms with E-state index in [9.17, 15) is 8.42 Å². The van der Waals surface area contributed by atoms with E-state index in [2.05, 4.69) is 36.6 Å². The molecule has 0 aromatic heterocycles. The fraction of sp³-hybridized carbons (Fsp3) is 0.538. The largest absolute Gasteiger partial charge is 0.240 e. The van der Waals surface area contributed by atoms with E-state index in [4.69, 9.17) is 11.6 Å². The molecule has 1 aliphatic rings. The van der Waals surface area contributed by atoms with Crippen molar-refractivity contribution in [1.82, 2.24) is 4.72 Å². The molecule has 7 heteroatoms. The molecule has 2 rings (SSSR count). The van der Waals surface area contributed by atoms with E-state index in [1.165, 1.54) is 25.0 Å². The molecule has 0 saturated heterocycles. The molecule has 0 amide bonds. The van der Waals surface area contributed by atoms with E-state index in [1.807, 2.05) is 0 Å². The van der Waals surface area contributed by atoms with Gasteiger partial charge in [0.1, 0.15) is 0 Å². The molecule has 1 aromatic carbocycles. The predicted octanol–water partition coefficient (Wildman–Crippen LogP) is 4.19. The van der Waals surface area contributed by atoms with Crippen molar-refractivity contribution in [3.63, 3.8) is 0 Å². The second kappa shape index (κ2) is 7.09. The van der Waals surface area contributed by atoms with Gasteiger partial charge in [-0.2, -0.15) is 0 Å². The summed E-state index contributed by atoms with van der Waals surface area (Å²) in [5.74, 6) is 0.981. The second-order valence-corrected chi connectivity index (χ2v) is 8.71. The topological polar surface area (TPSA) is 46.2 Å². The van der Waals surface area contributed by atoms with Crippen molar-refractivity contribution < 1.29 is 8.42 Å². The zero-order chi connectivity index (χ0) is 14.8. The van der Waals surface area contributed by atoms with Gasteiger partial charge < -0.3 is 0 Å².